The van der Waals surface area contributed by atoms with Crippen molar-refractivity contribution < 1.29 is 4.42 Å². The maximum Gasteiger partial charge on any atom is 0.198 e. The third kappa shape index (κ3) is 2.39. The number of rotatable bonds is 4. The van der Waals surface area contributed by atoms with Crippen molar-refractivity contribution in [1.82, 2.24) is 15.0 Å². The van der Waals surface area contributed by atoms with Crippen molar-refractivity contribution >= 4 is 16.8 Å². The van der Waals surface area contributed by atoms with Gasteiger partial charge < -0.3 is 14.7 Å². The third-order valence-corrected chi connectivity index (χ3v) is 3.29. The van der Waals surface area contributed by atoms with E-state index in [9.17, 15) is 0 Å². The Labute approximate surface area is 117 Å². The molecule has 0 amide bonds. The summed E-state index contributed by atoms with van der Waals surface area (Å²) in [4.78, 5) is 11.8. The SMILES string of the molecule is Cc1[nH]cnc1CNc1ccc2oc(C(C)C)nc2c1. The maximum atomic E-state index is 5.70. The second-order valence-corrected chi connectivity index (χ2v) is 5.22. The van der Waals surface area contributed by atoms with Gasteiger partial charge in [-0.3, -0.25) is 0 Å². The van der Waals surface area contributed by atoms with Crippen LogP contribution in [0.4, 0.5) is 5.69 Å². The van der Waals surface area contributed by atoms with Crippen LogP contribution in [0.3, 0.4) is 0 Å². The molecule has 0 spiro atoms. The van der Waals surface area contributed by atoms with E-state index in [1.54, 1.807) is 6.33 Å². The fourth-order valence-corrected chi connectivity index (χ4v) is 2.05. The number of benzene rings is 1. The molecular weight excluding hydrogens is 252 g/mol. The van der Waals surface area contributed by atoms with Crippen LogP contribution < -0.4 is 5.32 Å². The molecule has 2 N–H and O–H groups in total. The van der Waals surface area contributed by atoms with Gasteiger partial charge >= 0.3 is 0 Å². The number of hydrogen-bond acceptors (Lipinski definition) is 4. The van der Waals surface area contributed by atoms with Crippen molar-refractivity contribution in [3.8, 4) is 0 Å². The lowest BCUT2D eigenvalue weighted by Gasteiger charge is -2.04. The highest BCUT2D eigenvalue weighted by molar-refractivity contribution is 5.77. The molecule has 5 nitrogen and oxygen atoms in total. The number of anilines is 1. The first kappa shape index (κ1) is 12.7. The van der Waals surface area contributed by atoms with Gasteiger partial charge in [-0.15, -0.1) is 0 Å². The van der Waals surface area contributed by atoms with Crippen molar-refractivity contribution in [3.63, 3.8) is 0 Å². The van der Waals surface area contributed by atoms with E-state index in [1.807, 2.05) is 25.1 Å². The van der Waals surface area contributed by atoms with Gasteiger partial charge in [0.25, 0.3) is 0 Å². The fourth-order valence-electron chi connectivity index (χ4n) is 2.05. The van der Waals surface area contributed by atoms with Crippen LogP contribution in [0.2, 0.25) is 0 Å². The minimum atomic E-state index is 0.297. The number of aromatic nitrogens is 3. The Morgan fingerprint density at radius 1 is 1.35 bits per heavy atom. The van der Waals surface area contributed by atoms with Crippen LogP contribution >= 0.6 is 0 Å². The van der Waals surface area contributed by atoms with Crippen LogP contribution in [0.15, 0.2) is 28.9 Å². The number of nitrogens with one attached hydrogen (secondary N) is 2. The van der Waals surface area contributed by atoms with Crippen LogP contribution in [0, 0.1) is 6.92 Å². The Balaban J connectivity index is 1.80. The summed E-state index contributed by atoms with van der Waals surface area (Å²) in [5.74, 6) is 1.07. The molecule has 0 saturated carbocycles. The summed E-state index contributed by atoms with van der Waals surface area (Å²) in [5.41, 5.74) is 4.84. The third-order valence-electron chi connectivity index (χ3n) is 3.29. The Hall–Kier alpha value is -2.30. The lowest BCUT2D eigenvalue weighted by Crippen LogP contribution is -2.01. The van der Waals surface area contributed by atoms with E-state index in [1.165, 1.54) is 0 Å². The zero-order valence-corrected chi connectivity index (χ0v) is 11.9. The molecule has 0 radical (unpaired) electrons. The molecule has 2 heterocycles. The first-order chi connectivity index (χ1) is 9.63. The zero-order chi connectivity index (χ0) is 14.1. The first-order valence-corrected chi connectivity index (χ1v) is 6.76. The molecule has 5 heteroatoms. The summed E-state index contributed by atoms with van der Waals surface area (Å²) in [6.07, 6.45) is 1.71. The van der Waals surface area contributed by atoms with Gasteiger partial charge in [-0.05, 0) is 25.1 Å². The van der Waals surface area contributed by atoms with E-state index >= 15 is 0 Å². The summed E-state index contributed by atoms with van der Waals surface area (Å²) in [6.45, 7) is 6.85. The van der Waals surface area contributed by atoms with Crippen LogP contribution in [0.25, 0.3) is 11.1 Å². The summed E-state index contributed by atoms with van der Waals surface area (Å²) in [7, 11) is 0. The Morgan fingerprint density at radius 3 is 2.90 bits per heavy atom. The van der Waals surface area contributed by atoms with Crippen LogP contribution in [-0.4, -0.2) is 15.0 Å². The fraction of sp³-hybridized carbons (Fsp3) is 0.333. The van der Waals surface area contributed by atoms with E-state index in [0.717, 1.165) is 34.1 Å². The summed E-state index contributed by atoms with van der Waals surface area (Å²) >= 11 is 0. The molecule has 104 valence electrons. The Bertz CT molecular complexity index is 726. The highest BCUT2D eigenvalue weighted by Crippen LogP contribution is 2.24. The molecule has 0 fully saturated rings. The molecule has 0 aliphatic rings. The number of imidazole rings is 1. The smallest absolute Gasteiger partial charge is 0.198 e. The standard InChI is InChI=1S/C15H18N4O/c1-9(2)15-19-12-6-11(4-5-14(12)20-15)16-7-13-10(3)17-8-18-13/h4-6,8-9,16H,7H2,1-3H3,(H,17,18). The lowest BCUT2D eigenvalue weighted by molar-refractivity contribution is 0.501. The second kappa shape index (κ2) is 5.00. The number of hydrogen-bond donors (Lipinski definition) is 2. The van der Waals surface area contributed by atoms with Gasteiger partial charge in [-0.25, -0.2) is 9.97 Å². The first-order valence-electron chi connectivity index (χ1n) is 6.76. The number of aryl methyl sites for hydroxylation is 1. The number of aromatic amines is 1. The maximum absolute atomic E-state index is 5.70. The normalized spacial score (nSPS) is 11.4. The van der Waals surface area contributed by atoms with Gasteiger partial charge in [0.1, 0.15) is 5.52 Å². The van der Waals surface area contributed by atoms with Crippen molar-refractivity contribution in [3.05, 3.63) is 41.8 Å². The molecule has 1 aromatic carbocycles. The minimum absolute atomic E-state index is 0.297. The van der Waals surface area contributed by atoms with Crippen LogP contribution in [0.5, 0.6) is 0 Å². The Morgan fingerprint density at radius 2 is 2.20 bits per heavy atom. The average Bonchev–Trinajstić information content (AvgIpc) is 3.01. The molecular formula is C15H18N4O. The summed E-state index contributed by atoms with van der Waals surface area (Å²) < 4.78 is 5.70. The molecule has 3 rings (SSSR count). The molecule has 20 heavy (non-hydrogen) atoms. The molecule has 0 aliphatic carbocycles. The summed E-state index contributed by atoms with van der Waals surface area (Å²) in [5, 5.41) is 3.35. The van der Waals surface area contributed by atoms with Crippen molar-refractivity contribution in [1.29, 1.82) is 0 Å². The van der Waals surface area contributed by atoms with Gasteiger partial charge in [0.05, 0.1) is 18.6 Å². The topological polar surface area (TPSA) is 66.7 Å². The number of oxazole rings is 1. The molecule has 3 aromatic rings. The van der Waals surface area contributed by atoms with Gasteiger partial charge in [-0.1, -0.05) is 13.8 Å². The van der Waals surface area contributed by atoms with Gasteiger partial charge in [-0.2, -0.15) is 0 Å². The molecule has 0 bridgehead atoms. The van der Waals surface area contributed by atoms with Gasteiger partial charge in [0.15, 0.2) is 11.5 Å². The number of nitrogens with zero attached hydrogens (tertiary/aromatic N) is 2. The number of H-pyrrole nitrogens is 1. The summed E-state index contributed by atoms with van der Waals surface area (Å²) in [6, 6.07) is 5.96. The van der Waals surface area contributed by atoms with E-state index in [-0.39, 0.29) is 0 Å². The molecule has 2 aromatic heterocycles. The van der Waals surface area contributed by atoms with E-state index in [2.05, 4.69) is 34.1 Å². The minimum Gasteiger partial charge on any atom is -0.440 e. The predicted molar refractivity (Wildman–Crippen MR) is 78.7 cm³/mol. The molecule has 0 aliphatic heterocycles. The van der Waals surface area contributed by atoms with Crippen molar-refractivity contribution in [2.45, 2.75) is 33.2 Å². The molecule has 0 saturated heterocycles. The van der Waals surface area contributed by atoms with Crippen LogP contribution in [-0.2, 0) is 6.54 Å². The van der Waals surface area contributed by atoms with Crippen molar-refractivity contribution in [2.24, 2.45) is 0 Å². The van der Waals surface area contributed by atoms with E-state index in [0.29, 0.717) is 12.5 Å². The highest BCUT2D eigenvalue weighted by atomic mass is 16.3. The highest BCUT2D eigenvalue weighted by Gasteiger charge is 2.09. The van der Waals surface area contributed by atoms with Gasteiger partial charge in [0.2, 0.25) is 0 Å². The molecule has 0 unspecified atom stereocenters. The average molecular weight is 270 g/mol. The number of fused-ring (bicyclic) bond motifs is 1. The largest absolute Gasteiger partial charge is 0.440 e. The quantitative estimate of drug-likeness (QED) is 0.760. The predicted octanol–water partition coefficient (Wildman–Crippen LogP) is 3.59. The Kier molecular flexibility index (Phi) is 3.18. The van der Waals surface area contributed by atoms with Crippen LogP contribution in [0.1, 0.15) is 37.0 Å². The van der Waals surface area contributed by atoms with E-state index < -0.39 is 0 Å². The lowest BCUT2D eigenvalue weighted by atomic mass is 10.2. The second-order valence-electron chi connectivity index (χ2n) is 5.22. The van der Waals surface area contributed by atoms with E-state index in [4.69, 9.17) is 4.42 Å². The monoisotopic (exact) mass is 270 g/mol. The van der Waals surface area contributed by atoms with Crippen molar-refractivity contribution in [2.75, 3.05) is 5.32 Å². The molecule has 0 atom stereocenters. The zero-order valence-electron chi connectivity index (χ0n) is 11.9. The van der Waals surface area contributed by atoms with Gasteiger partial charge in [0, 0.05) is 17.3 Å².